The second-order valence-electron chi connectivity index (χ2n) is 7.74. The molecule has 2 unspecified atom stereocenters. The molecule has 0 saturated carbocycles. The quantitative estimate of drug-likeness (QED) is 0.468. The van der Waals surface area contributed by atoms with E-state index < -0.39 is 39.6 Å². The standard InChI is InChI=1S/C21H17Cl2F4N3O3/c1-10-4-11(2-3-14(10)19(31)29-13-8-28-32-9-13)17-7-20(33-30-17,21(25,26)27)12-5-15(22)18(24)16(23)6-12/h2-6,13,28H,7-9H2,1H3,(H,29,31). The highest BCUT2D eigenvalue weighted by atomic mass is 35.5. The Kier molecular flexibility index (Phi) is 6.30. The van der Waals surface area contributed by atoms with Gasteiger partial charge in [0.1, 0.15) is 0 Å². The fourth-order valence-corrected chi connectivity index (χ4v) is 4.17. The van der Waals surface area contributed by atoms with Crippen LogP contribution >= 0.6 is 23.2 Å². The van der Waals surface area contributed by atoms with Crippen LogP contribution in [0.5, 0.6) is 0 Å². The largest absolute Gasteiger partial charge is 0.435 e. The van der Waals surface area contributed by atoms with Crippen molar-refractivity contribution in [2.45, 2.75) is 31.2 Å². The first-order valence-corrected chi connectivity index (χ1v) is 10.5. The summed E-state index contributed by atoms with van der Waals surface area (Å²) >= 11 is 11.4. The van der Waals surface area contributed by atoms with Crippen LogP contribution in [0.2, 0.25) is 10.0 Å². The van der Waals surface area contributed by atoms with Gasteiger partial charge in [-0.15, -0.1) is 0 Å². The molecule has 12 heteroatoms. The lowest BCUT2D eigenvalue weighted by Crippen LogP contribution is -2.42. The summed E-state index contributed by atoms with van der Waals surface area (Å²) < 4.78 is 56.2. The first-order valence-electron chi connectivity index (χ1n) is 9.75. The summed E-state index contributed by atoms with van der Waals surface area (Å²) in [7, 11) is 0. The molecule has 2 N–H and O–H groups in total. The predicted octanol–water partition coefficient (Wildman–Crippen LogP) is 4.66. The molecule has 4 rings (SSSR count). The van der Waals surface area contributed by atoms with Crippen LogP contribution in [0, 0.1) is 12.7 Å². The van der Waals surface area contributed by atoms with E-state index in [1.54, 1.807) is 13.0 Å². The minimum Gasteiger partial charge on any atom is -0.374 e. The van der Waals surface area contributed by atoms with E-state index in [0.29, 0.717) is 29.8 Å². The van der Waals surface area contributed by atoms with Crippen molar-refractivity contribution in [1.29, 1.82) is 0 Å². The molecular formula is C21H17Cl2F4N3O3. The second-order valence-corrected chi connectivity index (χ2v) is 8.56. The summed E-state index contributed by atoms with van der Waals surface area (Å²) in [6.45, 7) is 2.45. The third-order valence-electron chi connectivity index (χ3n) is 5.49. The minimum atomic E-state index is -4.91. The maximum absolute atomic E-state index is 14.2. The minimum absolute atomic E-state index is 0.00680. The molecule has 176 valence electrons. The average Bonchev–Trinajstić information content (AvgIpc) is 3.41. The van der Waals surface area contributed by atoms with E-state index in [4.69, 9.17) is 32.9 Å². The number of hydrogen-bond acceptors (Lipinski definition) is 5. The molecule has 33 heavy (non-hydrogen) atoms. The Morgan fingerprint density at radius 3 is 2.52 bits per heavy atom. The summed E-state index contributed by atoms with van der Waals surface area (Å²) in [5.41, 5.74) is 0.564. The molecule has 6 nitrogen and oxygen atoms in total. The van der Waals surface area contributed by atoms with Crippen LogP contribution in [0.4, 0.5) is 17.6 Å². The molecule has 2 aliphatic rings. The molecule has 1 amide bonds. The van der Waals surface area contributed by atoms with Gasteiger partial charge in [-0.3, -0.25) is 9.63 Å². The SMILES string of the molecule is Cc1cc(C2=NOC(c3cc(Cl)c(F)c(Cl)c3)(C(F)(F)F)C2)ccc1C(=O)NC1CNOC1. The maximum Gasteiger partial charge on any atom is 0.435 e. The number of carbonyl (C=O) groups is 1. The smallest absolute Gasteiger partial charge is 0.374 e. The van der Waals surface area contributed by atoms with E-state index in [9.17, 15) is 22.4 Å². The van der Waals surface area contributed by atoms with Crippen LogP contribution in [0.15, 0.2) is 35.5 Å². The molecule has 1 fully saturated rings. The number of amides is 1. The van der Waals surface area contributed by atoms with Gasteiger partial charge in [0.25, 0.3) is 11.5 Å². The summed E-state index contributed by atoms with van der Waals surface area (Å²) in [5.74, 6) is -1.36. The van der Waals surface area contributed by atoms with Crippen molar-refractivity contribution in [2.24, 2.45) is 5.16 Å². The summed E-state index contributed by atoms with van der Waals surface area (Å²) in [6, 6.07) is 6.02. The Balaban J connectivity index is 1.61. The van der Waals surface area contributed by atoms with Crippen LogP contribution in [-0.2, 0) is 15.3 Å². The second kappa shape index (κ2) is 8.75. The predicted molar refractivity (Wildman–Crippen MR) is 113 cm³/mol. The van der Waals surface area contributed by atoms with Crippen molar-refractivity contribution in [2.75, 3.05) is 13.2 Å². The Labute approximate surface area is 195 Å². The number of carbonyl (C=O) groups excluding carboxylic acids is 1. The highest BCUT2D eigenvalue weighted by molar-refractivity contribution is 6.35. The van der Waals surface area contributed by atoms with Gasteiger partial charge in [0.15, 0.2) is 5.82 Å². The van der Waals surface area contributed by atoms with Gasteiger partial charge in [-0.05, 0) is 42.3 Å². The number of alkyl halides is 3. The number of nitrogens with one attached hydrogen (secondary N) is 2. The normalized spacial score (nSPS) is 22.8. The van der Waals surface area contributed by atoms with Gasteiger partial charge < -0.3 is 10.2 Å². The highest BCUT2D eigenvalue weighted by Crippen LogP contribution is 2.50. The van der Waals surface area contributed by atoms with Gasteiger partial charge in [0.2, 0.25) is 0 Å². The number of nitrogens with zero attached hydrogens (tertiary/aromatic N) is 1. The monoisotopic (exact) mass is 505 g/mol. The zero-order valence-corrected chi connectivity index (χ0v) is 18.5. The molecule has 2 aromatic carbocycles. The number of rotatable bonds is 4. The lowest BCUT2D eigenvalue weighted by molar-refractivity contribution is -0.275. The molecule has 0 aliphatic carbocycles. The molecule has 0 radical (unpaired) electrons. The van der Waals surface area contributed by atoms with Crippen LogP contribution in [-0.4, -0.2) is 37.0 Å². The third kappa shape index (κ3) is 4.40. The van der Waals surface area contributed by atoms with Crippen LogP contribution < -0.4 is 10.8 Å². The molecule has 2 heterocycles. The highest BCUT2D eigenvalue weighted by Gasteiger charge is 2.62. The van der Waals surface area contributed by atoms with E-state index in [1.165, 1.54) is 12.1 Å². The van der Waals surface area contributed by atoms with Crippen LogP contribution in [0.25, 0.3) is 0 Å². The van der Waals surface area contributed by atoms with E-state index in [2.05, 4.69) is 16.0 Å². The number of halogens is 6. The van der Waals surface area contributed by atoms with Crippen LogP contribution in [0.3, 0.4) is 0 Å². The van der Waals surface area contributed by atoms with E-state index in [1.807, 2.05) is 0 Å². The molecule has 2 atom stereocenters. The Morgan fingerprint density at radius 1 is 1.24 bits per heavy atom. The number of hydrogen-bond donors (Lipinski definition) is 2. The van der Waals surface area contributed by atoms with Crippen molar-refractivity contribution in [1.82, 2.24) is 10.8 Å². The van der Waals surface area contributed by atoms with Gasteiger partial charge in [-0.2, -0.15) is 13.2 Å². The number of hydroxylamine groups is 1. The molecule has 0 spiro atoms. The molecule has 0 aromatic heterocycles. The van der Waals surface area contributed by atoms with Crippen molar-refractivity contribution < 1.29 is 32.0 Å². The first-order chi connectivity index (χ1) is 15.5. The lowest BCUT2D eigenvalue weighted by atomic mass is 9.86. The molecule has 2 aliphatic heterocycles. The fourth-order valence-electron chi connectivity index (χ4n) is 3.68. The van der Waals surface area contributed by atoms with Crippen molar-refractivity contribution in [3.8, 4) is 0 Å². The van der Waals surface area contributed by atoms with Gasteiger partial charge in [-0.25, -0.2) is 9.87 Å². The fraction of sp³-hybridized carbons (Fsp3) is 0.333. The zero-order valence-electron chi connectivity index (χ0n) is 17.0. The van der Waals surface area contributed by atoms with Gasteiger partial charge >= 0.3 is 6.18 Å². The average molecular weight is 506 g/mol. The first kappa shape index (κ1) is 23.7. The Morgan fingerprint density at radius 2 is 1.94 bits per heavy atom. The van der Waals surface area contributed by atoms with Gasteiger partial charge in [0, 0.05) is 24.1 Å². The van der Waals surface area contributed by atoms with E-state index in [-0.39, 0.29) is 17.7 Å². The number of aryl methyl sites for hydroxylation is 1. The molecule has 2 aromatic rings. The van der Waals surface area contributed by atoms with E-state index in [0.717, 1.165) is 12.1 Å². The lowest BCUT2D eigenvalue weighted by Gasteiger charge is -2.29. The van der Waals surface area contributed by atoms with E-state index >= 15 is 0 Å². The number of oxime groups is 1. The van der Waals surface area contributed by atoms with Crippen molar-refractivity contribution >= 4 is 34.8 Å². The Hall–Kier alpha value is -2.40. The molecule has 1 saturated heterocycles. The molecular weight excluding hydrogens is 489 g/mol. The summed E-state index contributed by atoms with van der Waals surface area (Å²) in [4.78, 5) is 22.4. The van der Waals surface area contributed by atoms with Crippen molar-refractivity contribution in [3.05, 3.63) is 68.4 Å². The topological polar surface area (TPSA) is 72.0 Å². The third-order valence-corrected chi connectivity index (χ3v) is 6.04. The summed E-state index contributed by atoms with van der Waals surface area (Å²) in [6.07, 6.45) is -5.60. The summed E-state index contributed by atoms with van der Waals surface area (Å²) in [5, 5.41) is 5.36. The Bertz CT molecular complexity index is 1110. The van der Waals surface area contributed by atoms with Gasteiger partial charge in [-0.1, -0.05) is 34.4 Å². The van der Waals surface area contributed by atoms with Crippen LogP contribution in [0.1, 0.15) is 33.5 Å². The zero-order chi connectivity index (χ0) is 24.0. The maximum atomic E-state index is 14.2. The molecule has 0 bridgehead atoms. The van der Waals surface area contributed by atoms with Gasteiger partial charge in [0.05, 0.1) is 28.4 Å². The number of benzene rings is 2. The van der Waals surface area contributed by atoms with Crippen molar-refractivity contribution in [3.63, 3.8) is 0 Å².